The van der Waals surface area contributed by atoms with E-state index < -0.39 is 7.26 Å². The highest BCUT2D eigenvalue weighted by molar-refractivity contribution is 6.43. The molecule has 34 heavy (non-hydrogen) atoms. The quantitative estimate of drug-likeness (QED) is 0.476. The second kappa shape index (κ2) is 9.45. The molecule has 0 saturated heterocycles. The molecule has 0 fully saturated rings. The first-order valence-corrected chi connectivity index (χ1v) is 11.7. The topological polar surface area (TPSA) is 66.1 Å². The molecule has 0 bridgehead atoms. The number of nitrogens with zero attached hydrogens (tertiary/aromatic N) is 2. The molecule has 2 aliphatic heterocycles. The summed E-state index contributed by atoms with van der Waals surface area (Å²) in [5, 5.41) is 5.52. The van der Waals surface area contributed by atoms with Crippen LogP contribution < -0.4 is 10.6 Å². The second-order valence-electron chi connectivity index (χ2n) is 9.07. The number of carbonyl (C=O) groups excluding carboxylic acids is 2. The van der Waals surface area contributed by atoms with Gasteiger partial charge < -0.3 is 10.6 Å². The van der Waals surface area contributed by atoms with Gasteiger partial charge >= 0.3 is 7.26 Å². The molecule has 6 nitrogen and oxygen atoms in total. The number of aryl methyl sites for hydroxylation is 2. The molecule has 176 valence electrons. The van der Waals surface area contributed by atoms with Crippen molar-refractivity contribution in [2.24, 2.45) is 0 Å². The highest BCUT2D eigenvalue weighted by Crippen LogP contribution is 2.40. The molecule has 0 radical (unpaired) electrons. The van der Waals surface area contributed by atoms with E-state index in [0.29, 0.717) is 31.4 Å². The van der Waals surface area contributed by atoms with Crippen molar-refractivity contribution in [3.05, 3.63) is 70.2 Å². The van der Waals surface area contributed by atoms with Gasteiger partial charge in [0.05, 0.1) is 11.3 Å². The lowest BCUT2D eigenvalue weighted by molar-refractivity contribution is -0.336. The van der Waals surface area contributed by atoms with E-state index in [1.807, 2.05) is 64.1 Å². The number of nitrogens with one attached hydrogen (secondary N) is 2. The van der Waals surface area contributed by atoms with Gasteiger partial charge in [-0.1, -0.05) is 12.1 Å². The first-order chi connectivity index (χ1) is 16.2. The maximum absolute atomic E-state index is 15.6. The average Bonchev–Trinajstić information content (AvgIpc) is 3.27. The van der Waals surface area contributed by atoms with Crippen LogP contribution in [-0.4, -0.2) is 40.8 Å². The fourth-order valence-electron chi connectivity index (χ4n) is 4.96. The summed E-state index contributed by atoms with van der Waals surface area (Å²) in [6, 6.07) is 9.76. The highest BCUT2D eigenvalue weighted by Gasteiger charge is 2.51. The first-order valence-electron chi connectivity index (χ1n) is 11.7. The van der Waals surface area contributed by atoms with Crippen LogP contribution in [0.5, 0.6) is 0 Å². The van der Waals surface area contributed by atoms with Crippen molar-refractivity contribution in [3.63, 3.8) is 0 Å². The Morgan fingerprint density at radius 2 is 1.68 bits per heavy atom. The van der Waals surface area contributed by atoms with E-state index in [2.05, 4.69) is 10.6 Å². The number of carbonyl (C=O) groups is 2. The average molecular weight is 461 g/mol. The molecule has 3 heterocycles. The molecule has 1 aromatic carbocycles. The fourth-order valence-corrected chi connectivity index (χ4v) is 4.96. The maximum atomic E-state index is 15.6. The number of allylic oxidation sites excluding steroid dienone is 2. The third-order valence-corrected chi connectivity index (χ3v) is 6.53. The molecule has 0 unspecified atom stereocenters. The van der Waals surface area contributed by atoms with E-state index in [1.165, 1.54) is 0 Å². The van der Waals surface area contributed by atoms with Crippen molar-refractivity contribution in [2.45, 2.75) is 53.4 Å². The van der Waals surface area contributed by atoms with E-state index in [0.717, 1.165) is 45.1 Å². The smallest absolute Gasteiger partial charge is 0.359 e. The summed E-state index contributed by atoms with van der Waals surface area (Å²) in [5.74, 6) is -0.0839. The summed E-state index contributed by atoms with van der Waals surface area (Å²) >= 11 is 0. The molecule has 2 aliphatic rings. The Morgan fingerprint density at radius 1 is 1.03 bits per heavy atom. The van der Waals surface area contributed by atoms with E-state index in [-0.39, 0.29) is 11.8 Å². The Bertz CT molecular complexity index is 1250. The van der Waals surface area contributed by atoms with Gasteiger partial charge in [0, 0.05) is 49.8 Å². The SMILES string of the molecule is CNC(=O)CCCCC(=O)Nc1ccc(C2=C3C(C)=CC(C)=[N+]3B(F)n3c(C)cc(C)c32)cc1. The van der Waals surface area contributed by atoms with Crippen LogP contribution in [0.2, 0.25) is 0 Å². The van der Waals surface area contributed by atoms with Gasteiger partial charge in [-0.3, -0.25) is 14.1 Å². The third kappa shape index (κ3) is 4.24. The Labute approximate surface area is 200 Å². The lowest BCUT2D eigenvalue weighted by Crippen LogP contribution is -2.40. The van der Waals surface area contributed by atoms with E-state index in [9.17, 15) is 9.59 Å². The monoisotopic (exact) mass is 461 g/mol. The normalized spacial score (nSPS) is 14.8. The van der Waals surface area contributed by atoms with Crippen LogP contribution in [0.3, 0.4) is 0 Å². The third-order valence-electron chi connectivity index (χ3n) is 6.53. The molecule has 0 atom stereocenters. The predicted molar refractivity (Wildman–Crippen MR) is 134 cm³/mol. The number of benzene rings is 1. The fraction of sp³-hybridized carbons (Fsp3) is 0.346. The van der Waals surface area contributed by atoms with Crippen molar-refractivity contribution in [2.75, 3.05) is 12.4 Å². The van der Waals surface area contributed by atoms with Crippen LogP contribution in [0.4, 0.5) is 10.0 Å². The molecular formula is C26H31BFN4O2+. The Kier molecular flexibility index (Phi) is 6.59. The van der Waals surface area contributed by atoms with Crippen LogP contribution in [0.1, 0.15) is 62.0 Å². The molecule has 0 aliphatic carbocycles. The van der Waals surface area contributed by atoms with Gasteiger partial charge in [-0.15, -0.1) is 0 Å². The number of aromatic nitrogens is 1. The minimum absolute atomic E-state index is 0.0107. The van der Waals surface area contributed by atoms with Crippen LogP contribution >= 0.6 is 0 Å². The van der Waals surface area contributed by atoms with E-state index >= 15 is 4.32 Å². The molecule has 2 aromatic rings. The number of hydrogen-bond acceptors (Lipinski definition) is 2. The molecule has 0 spiro atoms. The number of hydrogen-bond donors (Lipinski definition) is 2. The number of unbranched alkanes of at least 4 members (excludes halogenated alkanes) is 1. The van der Waals surface area contributed by atoms with Gasteiger partial charge in [0.1, 0.15) is 0 Å². The summed E-state index contributed by atoms with van der Waals surface area (Å²) in [4.78, 5) is 23.6. The summed E-state index contributed by atoms with van der Waals surface area (Å²) < 4.78 is 19.2. The van der Waals surface area contributed by atoms with Gasteiger partial charge in [-0.2, -0.15) is 0 Å². The molecule has 1 aromatic heterocycles. The minimum Gasteiger partial charge on any atom is -0.359 e. The maximum Gasteiger partial charge on any atom is 0.846 e. The van der Waals surface area contributed by atoms with Crippen molar-refractivity contribution < 1.29 is 18.4 Å². The zero-order chi connectivity index (χ0) is 24.6. The molecule has 8 heteroatoms. The van der Waals surface area contributed by atoms with Crippen molar-refractivity contribution in [3.8, 4) is 0 Å². The van der Waals surface area contributed by atoms with Gasteiger partial charge in [0.2, 0.25) is 11.8 Å². The molecule has 2 amide bonds. The van der Waals surface area contributed by atoms with E-state index in [4.69, 9.17) is 0 Å². The summed E-state index contributed by atoms with van der Waals surface area (Å²) in [5.41, 5.74) is 8.31. The van der Waals surface area contributed by atoms with Crippen molar-refractivity contribution in [1.82, 2.24) is 9.79 Å². The lowest BCUT2D eigenvalue weighted by atomic mass is 9.87. The molecule has 4 rings (SSSR count). The first kappa shape index (κ1) is 23.7. The van der Waals surface area contributed by atoms with Gasteiger partial charge in [-0.25, -0.2) is 8.80 Å². The Hall–Kier alpha value is -3.42. The standard InChI is InChI=1S/C26H30BFN4O2/c1-16-14-18(3)31-25(16)24(26-17(2)15-19(4)32(26)27(31)28)20-10-12-21(13-11-20)30-23(34)9-7-6-8-22(33)29-5/h10-15H,6-9H2,1-5H3,(H,29,33)/p+1. The zero-order valence-electron chi connectivity index (χ0n) is 20.5. The van der Waals surface area contributed by atoms with Crippen LogP contribution in [-0.2, 0) is 9.59 Å². The van der Waals surface area contributed by atoms with Gasteiger partial charge in [-0.05, 0) is 62.9 Å². The Balaban J connectivity index is 1.59. The van der Waals surface area contributed by atoms with Crippen LogP contribution in [0, 0.1) is 13.8 Å². The van der Waals surface area contributed by atoms with Crippen LogP contribution in [0.25, 0.3) is 5.57 Å². The van der Waals surface area contributed by atoms with Crippen molar-refractivity contribution >= 4 is 36.0 Å². The number of anilines is 1. The molecular weight excluding hydrogens is 430 g/mol. The lowest BCUT2D eigenvalue weighted by Gasteiger charge is -2.22. The highest BCUT2D eigenvalue weighted by atomic mass is 19.1. The molecule has 2 N–H and O–H groups in total. The summed E-state index contributed by atoms with van der Waals surface area (Å²) in [6.07, 6.45) is 4.16. The van der Waals surface area contributed by atoms with Gasteiger partial charge in [0.25, 0.3) is 0 Å². The van der Waals surface area contributed by atoms with Gasteiger partial charge in [0.15, 0.2) is 11.4 Å². The number of fused-ring (bicyclic) bond motifs is 2. The minimum atomic E-state index is -1.28. The molecule has 0 saturated carbocycles. The van der Waals surface area contributed by atoms with Crippen molar-refractivity contribution in [1.29, 1.82) is 0 Å². The number of halogens is 1. The largest absolute Gasteiger partial charge is 0.846 e. The summed E-state index contributed by atoms with van der Waals surface area (Å²) in [6.45, 7) is 7.91. The number of amides is 2. The zero-order valence-corrected chi connectivity index (χ0v) is 20.5. The van der Waals surface area contributed by atoms with Crippen LogP contribution in [0.15, 0.2) is 47.7 Å². The van der Waals surface area contributed by atoms with E-state index in [1.54, 1.807) is 16.0 Å². The summed E-state index contributed by atoms with van der Waals surface area (Å²) in [7, 11) is 0.331. The number of rotatable bonds is 7. The Morgan fingerprint density at radius 3 is 2.32 bits per heavy atom. The second-order valence-corrected chi connectivity index (χ2v) is 9.07. The predicted octanol–water partition coefficient (Wildman–Crippen LogP) is 4.36.